The Morgan fingerprint density at radius 2 is 2.00 bits per heavy atom. The van der Waals surface area contributed by atoms with Crippen molar-refractivity contribution in [1.29, 1.82) is 0 Å². The summed E-state index contributed by atoms with van der Waals surface area (Å²) in [5.74, 6) is 0.893. The third-order valence-corrected chi connectivity index (χ3v) is 3.95. The number of benzene rings is 1. The van der Waals surface area contributed by atoms with Gasteiger partial charge < -0.3 is 15.2 Å². The van der Waals surface area contributed by atoms with E-state index in [9.17, 15) is 5.11 Å². The van der Waals surface area contributed by atoms with Crippen molar-refractivity contribution < 1.29 is 9.84 Å². The molecule has 0 atom stereocenters. The highest BCUT2D eigenvalue weighted by Crippen LogP contribution is 2.31. The minimum atomic E-state index is -0.617. The first-order valence-corrected chi connectivity index (χ1v) is 7.67. The van der Waals surface area contributed by atoms with E-state index in [0.29, 0.717) is 12.6 Å². The molecule has 0 unspecified atom stereocenters. The Morgan fingerprint density at radius 1 is 1.30 bits per heavy atom. The molecule has 1 aromatic rings. The van der Waals surface area contributed by atoms with Gasteiger partial charge in [0.05, 0.1) is 5.60 Å². The molecule has 0 bridgehead atoms. The maximum Gasteiger partial charge on any atom is 0.123 e. The lowest BCUT2D eigenvalue weighted by molar-refractivity contribution is 0.00110. The molecule has 2 N–H and O–H groups in total. The van der Waals surface area contributed by atoms with Gasteiger partial charge >= 0.3 is 0 Å². The maximum atomic E-state index is 10.4. The molecule has 0 spiro atoms. The molecule has 3 nitrogen and oxygen atoms in total. The third kappa shape index (κ3) is 4.22. The molecule has 1 fully saturated rings. The standard InChI is InChI=1S/C17H27NO2/c1-13(2)18-11-15-10-14(3)6-7-16(15)20-12-17(19)8-4-5-9-17/h6-7,10,13,18-19H,4-5,8-9,11-12H2,1-3H3. The summed E-state index contributed by atoms with van der Waals surface area (Å²) in [5.41, 5.74) is 1.78. The van der Waals surface area contributed by atoms with Crippen LogP contribution < -0.4 is 10.1 Å². The highest BCUT2D eigenvalue weighted by Gasteiger charge is 2.32. The second-order valence-corrected chi connectivity index (χ2v) is 6.37. The molecule has 0 radical (unpaired) electrons. The lowest BCUT2D eigenvalue weighted by Gasteiger charge is -2.23. The van der Waals surface area contributed by atoms with Crippen LogP contribution in [-0.4, -0.2) is 23.4 Å². The zero-order chi connectivity index (χ0) is 14.6. The zero-order valence-corrected chi connectivity index (χ0v) is 12.9. The maximum absolute atomic E-state index is 10.4. The summed E-state index contributed by atoms with van der Waals surface area (Å²) in [6.45, 7) is 7.57. The van der Waals surface area contributed by atoms with E-state index in [1.54, 1.807) is 0 Å². The van der Waals surface area contributed by atoms with Gasteiger partial charge in [-0.2, -0.15) is 0 Å². The second-order valence-electron chi connectivity index (χ2n) is 6.37. The molecule has 1 aliphatic rings. The van der Waals surface area contributed by atoms with Crippen LogP contribution in [0.25, 0.3) is 0 Å². The molecule has 2 rings (SSSR count). The molecule has 112 valence electrons. The average Bonchev–Trinajstić information content (AvgIpc) is 2.82. The van der Waals surface area contributed by atoms with Crippen molar-refractivity contribution >= 4 is 0 Å². The molecule has 1 aliphatic carbocycles. The smallest absolute Gasteiger partial charge is 0.123 e. The largest absolute Gasteiger partial charge is 0.490 e. The van der Waals surface area contributed by atoms with Gasteiger partial charge in [-0.15, -0.1) is 0 Å². The molecule has 1 saturated carbocycles. The van der Waals surface area contributed by atoms with Gasteiger partial charge in [0.15, 0.2) is 0 Å². The van der Waals surface area contributed by atoms with Crippen molar-refractivity contribution in [3.05, 3.63) is 29.3 Å². The molecule has 1 aromatic carbocycles. The minimum Gasteiger partial charge on any atom is -0.490 e. The van der Waals surface area contributed by atoms with Crippen LogP contribution in [0, 0.1) is 6.92 Å². The highest BCUT2D eigenvalue weighted by atomic mass is 16.5. The van der Waals surface area contributed by atoms with E-state index in [1.165, 1.54) is 11.1 Å². The van der Waals surface area contributed by atoms with E-state index in [2.05, 4.69) is 38.2 Å². The quantitative estimate of drug-likeness (QED) is 0.839. The Balaban J connectivity index is 2.02. The van der Waals surface area contributed by atoms with Gasteiger partial charge in [0.2, 0.25) is 0 Å². The number of ether oxygens (including phenoxy) is 1. The predicted octanol–water partition coefficient (Wildman–Crippen LogP) is 3.18. The topological polar surface area (TPSA) is 41.5 Å². The summed E-state index contributed by atoms with van der Waals surface area (Å²) in [6.07, 6.45) is 3.93. The first kappa shape index (κ1) is 15.3. The Kier molecular flexibility index (Phi) is 5.06. The molecular formula is C17H27NO2. The number of rotatable bonds is 6. The highest BCUT2D eigenvalue weighted by molar-refractivity contribution is 5.37. The lowest BCUT2D eigenvalue weighted by Crippen LogP contribution is -2.32. The van der Waals surface area contributed by atoms with E-state index >= 15 is 0 Å². The Bertz CT molecular complexity index is 437. The van der Waals surface area contributed by atoms with Gasteiger partial charge in [-0.25, -0.2) is 0 Å². The summed E-state index contributed by atoms with van der Waals surface area (Å²) >= 11 is 0. The van der Waals surface area contributed by atoms with Crippen molar-refractivity contribution in [2.75, 3.05) is 6.61 Å². The number of aliphatic hydroxyl groups is 1. The van der Waals surface area contributed by atoms with Gasteiger partial charge in [0.25, 0.3) is 0 Å². The van der Waals surface area contributed by atoms with E-state index in [4.69, 9.17) is 4.74 Å². The zero-order valence-electron chi connectivity index (χ0n) is 12.9. The van der Waals surface area contributed by atoms with Crippen LogP contribution in [0.3, 0.4) is 0 Å². The van der Waals surface area contributed by atoms with Crippen LogP contribution in [0.1, 0.15) is 50.7 Å². The average molecular weight is 277 g/mol. The molecule has 20 heavy (non-hydrogen) atoms. The van der Waals surface area contributed by atoms with Crippen molar-refractivity contribution in [3.63, 3.8) is 0 Å². The van der Waals surface area contributed by atoms with Crippen LogP contribution >= 0.6 is 0 Å². The second kappa shape index (κ2) is 6.59. The van der Waals surface area contributed by atoms with Crippen molar-refractivity contribution in [2.24, 2.45) is 0 Å². The molecule has 3 heteroatoms. The van der Waals surface area contributed by atoms with Crippen LogP contribution in [0.2, 0.25) is 0 Å². The van der Waals surface area contributed by atoms with Gasteiger partial charge in [-0.1, -0.05) is 44.4 Å². The van der Waals surface area contributed by atoms with Crippen molar-refractivity contribution in [2.45, 2.75) is 64.6 Å². The minimum absolute atomic E-state index is 0.407. The van der Waals surface area contributed by atoms with E-state index in [0.717, 1.165) is 38.0 Å². The lowest BCUT2D eigenvalue weighted by atomic mass is 10.0. The van der Waals surface area contributed by atoms with Crippen LogP contribution in [0.4, 0.5) is 0 Å². The summed E-state index contributed by atoms with van der Waals surface area (Å²) in [5, 5.41) is 13.8. The van der Waals surface area contributed by atoms with Gasteiger partial charge in [-0.3, -0.25) is 0 Å². The Morgan fingerprint density at radius 3 is 2.65 bits per heavy atom. The molecule has 0 aliphatic heterocycles. The molecule has 0 heterocycles. The normalized spacial score (nSPS) is 17.6. The van der Waals surface area contributed by atoms with Gasteiger partial charge in [-0.05, 0) is 25.8 Å². The van der Waals surface area contributed by atoms with E-state index in [-0.39, 0.29) is 0 Å². The summed E-state index contributed by atoms with van der Waals surface area (Å²) in [4.78, 5) is 0. The number of aryl methyl sites for hydroxylation is 1. The monoisotopic (exact) mass is 277 g/mol. The van der Waals surface area contributed by atoms with Gasteiger partial charge in [0.1, 0.15) is 12.4 Å². The number of hydrogen-bond donors (Lipinski definition) is 2. The molecule has 0 saturated heterocycles. The first-order valence-electron chi connectivity index (χ1n) is 7.67. The number of nitrogens with one attached hydrogen (secondary N) is 1. The fraction of sp³-hybridized carbons (Fsp3) is 0.647. The van der Waals surface area contributed by atoms with Crippen LogP contribution in [0.15, 0.2) is 18.2 Å². The summed E-state index contributed by atoms with van der Waals surface area (Å²) < 4.78 is 5.92. The summed E-state index contributed by atoms with van der Waals surface area (Å²) in [7, 11) is 0. The van der Waals surface area contributed by atoms with Crippen LogP contribution in [-0.2, 0) is 6.54 Å². The van der Waals surface area contributed by atoms with Gasteiger partial charge in [0, 0.05) is 18.2 Å². The molecule has 0 aromatic heterocycles. The SMILES string of the molecule is Cc1ccc(OCC2(O)CCCC2)c(CNC(C)C)c1. The number of hydrogen-bond acceptors (Lipinski definition) is 3. The molecular weight excluding hydrogens is 250 g/mol. The third-order valence-electron chi connectivity index (χ3n) is 3.95. The first-order chi connectivity index (χ1) is 9.48. The Hall–Kier alpha value is -1.06. The fourth-order valence-corrected chi connectivity index (χ4v) is 2.69. The van der Waals surface area contributed by atoms with Crippen LogP contribution in [0.5, 0.6) is 5.75 Å². The summed E-state index contributed by atoms with van der Waals surface area (Å²) in [6, 6.07) is 6.68. The fourth-order valence-electron chi connectivity index (χ4n) is 2.69. The van der Waals surface area contributed by atoms with E-state index < -0.39 is 5.60 Å². The predicted molar refractivity (Wildman–Crippen MR) is 82.1 cm³/mol. The van der Waals surface area contributed by atoms with Crippen molar-refractivity contribution in [1.82, 2.24) is 5.32 Å². The van der Waals surface area contributed by atoms with Crippen molar-refractivity contribution in [3.8, 4) is 5.75 Å². The Labute approximate surface area is 122 Å². The van der Waals surface area contributed by atoms with E-state index in [1.807, 2.05) is 6.07 Å². The molecule has 0 amide bonds.